The van der Waals surface area contributed by atoms with Crippen LogP contribution in [0.15, 0.2) is 46.6 Å². The molecule has 0 radical (unpaired) electrons. The van der Waals surface area contributed by atoms with Crippen molar-refractivity contribution >= 4 is 11.8 Å². The van der Waals surface area contributed by atoms with Crippen molar-refractivity contribution in [2.75, 3.05) is 0 Å². The Morgan fingerprint density at radius 3 is 2.72 bits per heavy atom. The van der Waals surface area contributed by atoms with Crippen LogP contribution < -0.4 is 11.3 Å². The normalized spacial score (nSPS) is 14.1. The summed E-state index contributed by atoms with van der Waals surface area (Å²) in [6.45, 7) is 1.91. The molecule has 0 fully saturated rings. The summed E-state index contributed by atoms with van der Waals surface area (Å²) in [5, 5.41) is 0.507. The van der Waals surface area contributed by atoms with Crippen molar-refractivity contribution in [1.82, 2.24) is 15.0 Å². The average Bonchev–Trinajstić information content (AvgIpc) is 2.37. The first kappa shape index (κ1) is 12.8. The summed E-state index contributed by atoms with van der Waals surface area (Å²) in [6.07, 6.45) is 3.21. The van der Waals surface area contributed by atoms with Gasteiger partial charge in [-0.15, -0.1) is 0 Å². The van der Waals surface area contributed by atoms with Crippen molar-refractivity contribution in [2.45, 2.75) is 23.4 Å². The van der Waals surface area contributed by atoms with Crippen LogP contribution in [0.5, 0.6) is 0 Å². The van der Waals surface area contributed by atoms with Crippen molar-refractivity contribution in [1.29, 1.82) is 0 Å². The van der Waals surface area contributed by atoms with E-state index in [2.05, 4.69) is 15.0 Å². The van der Waals surface area contributed by atoms with Gasteiger partial charge in [-0.25, -0.2) is 4.98 Å². The molecule has 94 valence electrons. The van der Waals surface area contributed by atoms with Crippen LogP contribution in [0.1, 0.15) is 17.9 Å². The molecule has 2 aromatic heterocycles. The lowest BCUT2D eigenvalue weighted by Gasteiger charge is -2.18. The summed E-state index contributed by atoms with van der Waals surface area (Å²) in [5.41, 5.74) is 6.68. The Bertz CT molecular complexity index is 555. The molecule has 0 aliphatic carbocycles. The van der Waals surface area contributed by atoms with Gasteiger partial charge in [0.05, 0.1) is 10.9 Å². The second-order valence-corrected chi connectivity index (χ2v) is 5.02. The van der Waals surface area contributed by atoms with E-state index in [1.807, 2.05) is 25.1 Å². The van der Waals surface area contributed by atoms with Gasteiger partial charge >= 0.3 is 0 Å². The molecule has 0 aliphatic heterocycles. The molecule has 0 aliphatic rings. The molecule has 0 amide bonds. The number of nitrogens with zero attached hydrogens (tertiary/aromatic N) is 2. The Kier molecular flexibility index (Phi) is 4.11. The van der Waals surface area contributed by atoms with Gasteiger partial charge in [-0.1, -0.05) is 17.8 Å². The first-order valence-electron chi connectivity index (χ1n) is 5.55. The quantitative estimate of drug-likeness (QED) is 0.641. The molecular weight excluding hydrogens is 248 g/mol. The molecule has 0 aromatic carbocycles. The average molecular weight is 262 g/mol. The third kappa shape index (κ3) is 3.18. The maximum absolute atomic E-state index is 11.2. The molecular formula is C12H14N4OS. The van der Waals surface area contributed by atoms with E-state index in [4.69, 9.17) is 5.73 Å². The maximum Gasteiger partial charge on any atom is 0.251 e. The fourth-order valence-electron chi connectivity index (χ4n) is 1.51. The molecule has 3 N–H and O–H groups in total. The third-order valence-electron chi connectivity index (χ3n) is 2.34. The van der Waals surface area contributed by atoms with Crippen LogP contribution in [-0.4, -0.2) is 21.0 Å². The molecule has 2 unspecified atom stereocenters. The number of rotatable bonds is 4. The Labute approximate surface area is 109 Å². The monoisotopic (exact) mass is 262 g/mol. The minimum absolute atomic E-state index is 0.0447. The smallest absolute Gasteiger partial charge is 0.251 e. The van der Waals surface area contributed by atoms with Crippen LogP contribution in [0.4, 0.5) is 0 Å². The minimum Gasteiger partial charge on any atom is -0.327 e. The number of thioether (sulfide) groups is 1. The molecule has 5 nitrogen and oxygen atoms in total. The first-order valence-corrected chi connectivity index (χ1v) is 6.43. The summed E-state index contributed by atoms with van der Waals surface area (Å²) >= 11 is 1.41. The highest BCUT2D eigenvalue weighted by Crippen LogP contribution is 2.33. The molecule has 2 aromatic rings. The molecule has 0 saturated carbocycles. The minimum atomic E-state index is -0.169. The van der Waals surface area contributed by atoms with Crippen molar-refractivity contribution in [3.05, 3.63) is 52.7 Å². The first-order chi connectivity index (χ1) is 8.66. The number of hydrogen-bond donors (Lipinski definition) is 2. The molecule has 6 heteroatoms. The molecule has 18 heavy (non-hydrogen) atoms. The lowest BCUT2D eigenvalue weighted by atomic mass is 10.2. The number of pyridine rings is 1. The van der Waals surface area contributed by atoms with Gasteiger partial charge in [0.2, 0.25) is 0 Å². The molecule has 0 saturated heterocycles. The molecule has 2 heterocycles. The Hall–Kier alpha value is -1.66. The van der Waals surface area contributed by atoms with Gasteiger partial charge in [0.15, 0.2) is 5.16 Å². The summed E-state index contributed by atoms with van der Waals surface area (Å²) < 4.78 is 0. The SMILES string of the molecule is CC(N)C(Sc1nccc(=O)[nH]1)c1ccccn1. The second kappa shape index (κ2) is 5.79. The summed E-state index contributed by atoms with van der Waals surface area (Å²) in [5.74, 6) is 0. The third-order valence-corrected chi connectivity index (χ3v) is 3.70. The van der Waals surface area contributed by atoms with E-state index < -0.39 is 0 Å². The fourth-order valence-corrected chi connectivity index (χ4v) is 2.51. The fraction of sp³-hybridized carbons (Fsp3) is 0.250. The van der Waals surface area contributed by atoms with Gasteiger partial charge in [0.1, 0.15) is 0 Å². The Morgan fingerprint density at radius 2 is 2.11 bits per heavy atom. The number of nitrogens with two attached hydrogens (primary N) is 1. The van der Waals surface area contributed by atoms with Gasteiger partial charge < -0.3 is 10.7 Å². The number of hydrogen-bond acceptors (Lipinski definition) is 5. The van der Waals surface area contributed by atoms with E-state index in [9.17, 15) is 4.79 Å². The lowest BCUT2D eigenvalue weighted by molar-refractivity contribution is 0.702. The number of H-pyrrole nitrogens is 1. The second-order valence-electron chi connectivity index (χ2n) is 3.89. The highest BCUT2D eigenvalue weighted by Gasteiger charge is 2.19. The van der Waals surface area contributed by atoms with E-state index >= 15 is 0 Å². The number of aromatic amines is 1. The van der Waals surface area contributed by atoms with Crippen LogP contribution in [0, 0.1) is 0 Å². The van der Waals surface area contributed by atoms with Crippen LogP contribution in [0.2, 0.25) is 0 Å². The van der Waals surface area contributed by atoms with Crippen LogP contribution in [-0.2, 0) is 0 Å². The summed E-state index contributed by atoms with van der Waals surface area (Å²) in [7, 11) is 0. The summed E-state index contributed by atoms with van der Waals surface area (Å²) in [4.78, 5) is 22.3. The number of nitrogens with one attached hydrogen (secondary N) is 1. The molecule has 2 rings (SSSR count). The topological polar surface area (TPSA) is 84.7 Å². The maximum atomic E-state index is 11.2. The van der Waals surface area contributed by atoms with E-state index in [0.29, 0.717) is 5.16 Å². The van der Waals surface area contributed by atoms with E-state index in [1.54, 1.807) is 6.20 Å². The Balaban J connectivity index is 2.25. The van der Waals surface area contributed by atoms with E-state index in [1.165, 1.54) is 24.0 Å². The Morgan fingerprint density at radius 1 is 1.28 bits per heavy atom. The zero-order chi connectivity index (χ0) is 13.0. The zero-order valence-corrected chi connectivity index (χ0v) is 10.7. The van der Waals surface area contributed by atoms with Crippen LogP contribution in [0.25, 0.3) is 0 Å². The molecule has 2 atom stereocenters. The van der Waals surface area contributed by atoms with Gasteiger partial charge in [0.25, 0.3) is 5.56 Å². The van der Waals surface area contributed by atoms with E-state index in [0.717, 1.165) is 5.69 Å². The lowest BCUT2D eigenvalue weighted by Crippen LogP contribution is -2.23. The predicted octanol–water partition coefficient (Wildman–Crippen LogP) is 1.35. The van der Waals surface area contributed by atoms with Gasteiger partial charge in [0, 0.05) is 24.5 Å². The predicted molar refractivity (Wildman–Crippen MR) is 71.3 cm³/mol. The highest BCUT2D eigenvalue weighted by molar-refractivity contribution is 7.99. The number of aromatic nitrogens is 3. The van der Waals surface area contributed by atoms with Gasteiger partial charge in [-0.05, 0) is 19.1 Å². The van der Waals surface area contributed by atoms with Gasteiger partial charge in [-0.2, -0.15) is 0 Å². The molecule has 0 bridgehead atoms. The van der Waals surface area contributed by atoms with Crippen molar-refractivity contribution in [2.24, 2.45) is 5.73 Å². The zero-order valence-electron chi connectivity index (χ0n) is 9.91. The van der Waals surface area contributed by atoms with Crippen molar-refractivity contribution in [3.63, 3.8) is 0 Å². The summed E-state index contributed by atoms with van der Waals surface area (Å²) in [6, 6.07) is 6.97. The van der Waals surface area contributed by atoms with Gasteiger partial charge in [-0.3, -0.25) is 9.78 Å². The van der Waals surface area contributed by atoms with Crippen molar-refractivity contribution < 1.29 is 0 Å². The van der Waals surface area contributed by atoms with Crippen LogP contribution in [0.3, 0.4) is 0 Å². The van der Waals surface area contributed by atoms with Crippen LogP contribution >= 0.6 is 11.8 Å². The largest absolute Gasteiger partial charge is 0.327 e. The molecule has 0 spiro atoms. The van der Waals surface area contributed by atoms with E-state index in [-0.39, 0.29) is 16.9 Å². The van der Waals surface area contributed by atoms with Crippen molar-refractivity contribution in [3.8, 4) is 0 Å². The highest BCUT2D eigenvalue weighted by atomic mass is 32.2. The standard InChI is InChI=1S/C12H14N4OS/c1-8(13)11(9-4-2-3-6-14-9)18-12-15-7-5-10(17)16-12/h2-8,11H,13H2,1H3,(H,15,16,17).